The second kappa shape index (κ2) is 5.32. The van der Waals surface area contributed by atoms with Crippen molar-refractivity contribution >= 4 is 15.9 Å². The first-order valence-corrected chi connectivity index (χ1v) is 4.99. The quantitative estimate of drug-likeness (QED) is 0.880. The number of aromatic nitrogens is 1. The van der Waals surface area contributed by atoms with Crippen molar-refractivity contribution in [3.05, 3.63) is 28.5 Å². The molecule has 2 N–H and O–H groups in total. The molecule has 0 bridgehead atoms. The van der Waals surface area contributed by atoms with E-state index in [4.69, 9.17) is 10.5 Å². The Balaban J connectivity index is 2.78. The molecule has 1 atom stereocenters. The molecule has 0 fully saturated rings. The van der Waals surface area contributed by atoms with Crippen LogP contribution in [0.5, 0.6) is 0 Å². The third-order valence-electron chi connectivity index (χ3n) is 1.68. The maximum atomic E-state index is 5.57. The second-order valence-electron chi connectivity index (χ2n) is 2.62. The molecular weight excluding hydrogens is 232 g/mol. The van der Waals surface area contributed by atoms with Crippen LogP contribution in [-0.4, -0.2) is 18.1 Å². The number of halogens is 1. The van der Waals surface area contributed by atoms with Gasteiger partial charge in [-0.25, -0.2) is 0 Å². The van der Waals surface area contributed by atoms with Crippen molar-refractivity contribution in [1.29, 1.82) is 0 Å². The molecule has 1 unspecified atom stereocenters. The highest BCUT2D eigenvalue weighted by molar-refractivity contribution is 9.10. The number of rotatable bonds is 4. The Morgan fingerprint density at radius 2 is 2.38 bits per heavy atom. The Morgan fingerprint density at radius 3 is 2.92 bits per heavy atom. The molecule has 1 aromatic heterocycles. The van der Waals surface area contributed by atoms with Crippen molar-refractivity contribution in [3.63, 3.8) is 0 Å². The van der Waals surface area contributed by atoms with Gasteiger partial charge in [-0.15, -0.1) is 0 Å². The van der Waals surface area contributed by atoms with Gasteiger partial charge < -0.3 is 10.5 Å². The Morgan fingerprint density at radius 1 is 1.62 bits per heavy atom. The van der Waals surface area contributed by atoms with E-state index in [9.17, 15) is 0 Å². The number of nitrogens with zero attached hydrogens (tertiary/aromatic N) is 1. The van der Waals surface area contributed by atoms with Crippen LogP contribution in [0.25, 0.3) is 0 Å². The highest BCUT2D eigenvalue weighted by atomic mass is 79.9. The van der Waals surface area contributed by atoms with E-state index in [0.717, 1.165) is 10.0 Å². The summed E-state index contributed by atoms with van der Waals surface area (Å²) < 4.78 is 6.39. The Hall–Kier alpha value is -0.450. The molecule has 0 aliphatic carbocycles. The van der Waals surface area contributed by atoms with Gasteiger partial charge in [0.15, 0.2) is 0 Å². The molecule has 0 saturated carbocycles. The minimum Gasteiger partial charge on any atom is -0.372 e. The predicted molar refractivity (Wildman–Crippen MR) is 55.4 cm³/mol. The molecule has 0 aliphatic heterocycles. The Bertz CT molecular complexity index is 268. The monoisotopic (exact) mass is 244 g/mol. The molecule has 1 rings (SSSR count). The molecule has 0 radical (unpaired) electrons. The van der Waals surface area contributed by atoms with Crippen molar-refractivity contribution < 1.29 is 4.74 Å². The fraction of sp³-hybridized carbons (Fsp3) is 0.444. The maximum Gasteiger partial charge on any atom is 0.0962 e. The lowest BCUT2D eigenvalue weighted by Crippen LogP contribution is -2.15. The zero-order valence-electron chi connectivity index (χ0n) is 7.53. The molecular formula is C9H13BrN2O. The molecule has 0 amide bonds. The minimum atomic E-state index is -0.0463. The molecule has 1 heterocycles. The fourth-order valence-electron chi connectivity index (χ4n) is 1.11. The summed E-state index contributed by atoms with van der Waals surface area (Å²) >= 11 is 3.35. The van der Waals surface area contributed by atoms with Crippen molar-refractivity contribution in [2.24, 2.45) is 5.73 Å². The van der Waals surface area contributed by atoms with Gasteiger partial charge in [-0.2, -0.15) is 0 Å². The lowest BCUT2D eigenvalue weighted by molar-refractivity contribution is 0.0686. The summed E-state index contributed by atoms with van der Waals surface area (Å²) in [5.41, 5.74) is 6.59. The van der Waals surface area contributed by atoms with E-state index in [1.165, 1.54) is 0 Å². The summed E-state index contributed by atoms with van der Waals surface area (Å²) in [6, 6.07) is 1.97. The number of ether oxygens (including phenoxy) is 1. The number of pyridine rings is 1. The van der Waals surface area contributed by atoms with Gasteiger partial charge in [-0.3, -0.25) is 4.98 Å². The average molecular weight is 245 g/mol. The summed E-state index contributed by atoms with van der Waals surface area (Å²) in [7, 11) is 0. The zero-order chi connectivity index (χ0) is 9.68. The largest absolute Gasteiger partial charge is 0.372 e. The van der Waals surface area contributed by atoms with Gasteiger partial charge in [0.2, 0.25) is 0 Å². The van der Waals surface area contributed by atoms with Crippen LogP contribution >= 0.6 is 15.9 Å². The summed E-state index contributed by atoms with van der Waals surface area (Å²) in [4.78, 5) is 4.05. The van der Waals surface area contributed by atoms with Gasteiger partial charge in [0, 0.05) is 35.6 Å². The van der Waals surface area contributed by atoms with Crippen LogP contribution in [0.15, 0.2) is 22.9 Å². The van der Waals surface area contributed by atoms with E-state index < -0.39 is 0 Å². The predicted octanol–water partition coefficient (Wildman–Crippen LogP) is 1.88. The first-order chi connectivity index (χ1) is 6.27. The molecule has 3 nitrogen and oxygen atoms in total. The summed E-state index contributed by atoms with van der Waals surface area (Å²) in [6.45, 7) is 3.09. The van der Waals surface area contributed by atoms with E-state index in [-0.39, 0.29) is 6.10 Å². The van der Waals surface area contributed by atoms with E-state index in [1.807, 2.05) is 13.0 Å². The second-order valence-corrected chi connectivity index (χ2v) is 3.53. The fourth-order valence-corrected chi connectivity index (χ4v) is 1.49. The third kappa shape index (κ3) is 3.06. The van der Waals surface area contributed by atoms with Gasteiger partial charge >= 0.3 is 0 Å². The topological polar surface area (TPSA) is 48.1 Å². The minimum absolute atomic E-state index is 0.0463. The first-order valence-electron chi connectivity index (χ1n) is 4.20. The molecule has 0 saturated heterocycles. The molecule has 13 heavy (non-hydrogen) atoms. The molecule has 72 valence electrons. The van der Waals surface area contributed by atoms with Crippen molar-refractivity contribution in [2.75, 3.05) is 13.2 Å². The first kappa shape index (κ1) is 10.6. The van der Waals surface area contributed by atoms with Crippen LogP contribution in [0.3, 0.4) is 0 Å². The Kier molecular flexibility index (Phi) is 4.35. The smallest absolute Gasteiger partial charge is 0.0962 e. The lowest BCUT2D eigenvalue weighted by Gasteiger charge is -2.14. The van der Waals surface area contributed by atoms with E-state index in [1.54, 1.807) is 12.4 Å². The van der Waals surface area contributed by atoms with E-state index in [0.29, 0.717) is 13.2 Å². The van der Waals surface area contributed by atoms with Crippen LogP contribution in [0.1, 0.15) is 18.6 Å². The van der Waals surface area contributed by atoms with Crippen LogP contribution in [0.4, 0.5) is 0 Å². The van der Waals surface area contributed by atoms with Crippen LogP contribution in [0.2, 0.25) is 0 Å². The summed E-state index contributed by atoms with van der Waals surface area (Å²) in [5, 5.41) is 0. The molecule has 0 spiro atoms. The van der Waals surface area contributed by atoms with Crippen molar-refractivity contribution in [3.8, 4) is 0 Å². The van der Waals surface area contributed by atoms with E-state index in [2.05, 4.69) is 20.9 Å². The van der Waals surface area contributed by atoms with Gasteiger partial charge in [-0.05, 0) is 28.9 Å². The number of nitrogens with two attached hydrogens (primary N) is 1. The van der Waals surface area contributed by atoms with Gasteiger partial charge in [0.1, 0.15) is 0 Å². The molecule has 4 heteroatoms. The standard InChI is InChI=1S/C9H13BrN2O/c1-2-13-9(4-11)7-3-8(10)6-12-5-7/h3,5-6,9H,2,4,11H2,1H3. The normalized spacial score (nSPS) is 12.8. The van der Waals surface area contributed by atoms with Crippen LogP contribution in [-0.2, 0) is 4.74 Å². The van der Waals surface area contributed by atoms with Crippen LogP contribution in [0, 0.1) is 0 Å². The maximum absolute atomic E-state index is 5.57. The molecule has 0 aliphatic rings. The highest BCUT2D eigenvalue weighted by Crippen LogP contribution is 2.18. The van der Waals surface area contributed by atoms with Gasteiger partial charge in [0.05, 0.1) is 6.10 Å². The zero-order valence-corrected chi connectivity index (χ0v) is 9.12. The van der Waals surface area contributed by atoms with Crippen LogP contribution < -0.4 is 5.73 Å². The van der Waals surface area contributed by atoms with Gasteiger partial charge in [-0.1, -0.05) is 0 Å². The lowest BCUT2D eigenvalue weighted by atomic mass is 10.1. The Labute approximate surface area is 86.4 Å². The van der Waals surface area contributed by atoms with Crippen molar-refractivity contribution in [1.82, 2.24) is 4.98 Å². The molecule has 0 aromatic carbocycles. The average Bonchev–Trinajstić information content (AvgIpc) is 2.14. The number of hydrogen-bond acceptors (Lipinski definition) is 3. The molecule has 1 aromatic rings. The highest BCUT2D eigenvalue weighted by Gasteiger charge is 2.09. The van der Waals surface area contributed by atoms with E-state index >= 15 is 0 Å². The van der Waals surface area contributed by atoms with Crippen molar-refractivity contribution in [2.45, 2.75) is 13.0 Å². The summed E-state index contributed by atoms with van der Waals surface area (Å²) in [5.74, 6) is 0. The SMILES string of the molecule is CCOC(CN)c1cncc(Br)c1. The number of hydrogen-bond donors (Lipinski definition) is 1. The third-order valence-corrected chi connectivity index (χ3v) is 2.11. The van der Waals surface area contributed by atoms with Gasteiger partial charge in [0.25, 0.3) is 0 Å². The summed E-state index contributed by atoms with van der Waals surface area (Å²) in [6.07, 6.45) is 3.47.